The third-order valence-electron chi connectivity index (χ3n) is 2.56. The first-order valence-corrected chi connectivity index (χ1v) is 5.55. The first kappa shape index (κ1) is 11.2. The quantitative estimate of drug-likeness (QED) is 0.752. The van der Waals surface area contributed by atoms with E-state index in [1.54, 1.807) is 0 Å². The van der Waals surface area contributed by atoms with Crippen molar-refractivity contribution >= 4 is 0 Å². The molecule has 0 saturated heterocycles. The Kier molecular flexibility index (Phi) is 4.66. The Balaban J connectivity index is 2.67. The number of hydrogen-bond donors (Lipinski definition) is 1. The fraction of sp³-hybridized carbons (Fsp3) is 0.727. The van der Waals surface area contributed by atoms with Crippen molar-refractivity contribution in [1.82, 2.24) is 14.9 Å². The minimum Gasteiger partial charge on any atom is -0.331 e. The van der Waals surface area contributed by atoms with Gasteiger partial charge < -0.3 is 9.88 Å². The van der Waals surface area contributed by atoms with Gasteiger partial charge in [-0.15, -0.1) is 0 Å². The van der Waals surface area contributed by atoms with Gasteiger partial charge in [-0.1, -0.05) is 20.8 Å². The lowest BCUT2D eigenvalue weighted by Crippen LogP contribution is -2.25. The summed E-state index contributed by atoms with van der Waals surface area (Å²) in [6, 6.07) is 0.549. The standard InChI is InChI=1S/C11H21N3/c1-4-10(9-12-6-3)14-8-7-13-11(14)5-2/h7-8,10,12H,4-6,9H2,1-3H3. The summed E-state index contributed by atoms with van der Waals surface area (Å²) in [4.78, 5) is 4.35. The molecule has 1 aromatic rings. The normalized spacial score (nSPS) is 13.1. The van der Waals surface area contributed by atoms with Gasteiger partial charge in [0, 0.05) is 31.4 Å². The predicted molar refractivity (Wildman–Crippen MR) is 59.5 cm³/mol. The van der Waals surface area contributed by atoms with Crippen molar-refractivity contribution in [1.29, 1.82) is 0 Å². The van der Waals surface area contributed by atoms with E-state index in [1.165, 1.54) is 5.82 Å². The van der Waals surface area contributed by atoms with Crippen LogP contribution in [0, 0.1) is 0 Å². The van der Waals surface area contributed by atoms with Gasteiger partial charge in [0.2, 0.25) is 0 Å². The van der Waals surface area contributed by atoms with Gasteiger partial charge in [0.05, 0.1) is 0 Å². The van der Waals surface area contributed by atoms with E-state index in [0.717, 1.165) is 25.9 Å². The average Bonchev–Trinajstić information content (AvgIpc) is 2.67. The van der Waals surface area contributed by atoms with E-state index >= 15 is 0 Å². The Morgan fingerprint density at radius 3 is 2.79 bits per heavy atom. The SMILES string of the molecule is CCNCC(CC)n1ccnc1CC. The van der Waals surface area contributed by atoms with Crippen LogP contribution in [0.4, 0.5) is 0 Å². The second-order valence-corrected chi connectivity index (χ2v) is 3.47. The Morgan fingerprint density at radius 1 is 1.43 bits per heavy atom. The second-order valence-electron chi connectivity index (χ2n) is 3.47. The van der Waals surface area contributed by atoms with Crippen molar-refractivity contribution in [3.05, 3.63) is 18.2 Å². The van der Waals surface area contributed by atoms with Gasteiger partial charge in [0.25, 0.3) is 0 Å². The van der Waals surface area contributed by atoms with E-state index in [1.807, 2.05) is 6.20 Å². The molecule has 1 atom stereocenters. The van der Waals surface area contributed by atoms with Crippen molar-refractivity contribution < 1.29 is 0 Å². The lowest BCUT2D eigenvalue weighted by molar-refractivity contribution is 0.441. The zero-order chi connectivity index (χ0) is 10.4. The van der Waals surface area contributed by atoms with Crippen LogP contribution in [0.3, 0.4) is 0 Å². The van der Waals surface area contributed by atoms with Gasteiger partial charge >= 0.3 is 0 Å². The summed E-state index contributed by atoms with van der Waals surface area (Å²) in [6.45, 7) is 8.59. The molecule has 0 bridgehead atoms. The highest BCUT2D eigenvalue weighted by Gasteiger charge is 2.10. The lowest BCUT2D eigenvalue weighted by Gasteiger charge is -2.19. The summed E-state index contributed by atoms with van der Waals surface area (Å²) in [6.07, 6.45) is 6.14. The highest BCUT2D eigenvalue weighted by Crippen LogP contribution is 2.13. The van der Waals surface area contributed by atoms with Gasteiger partial charge in [0.15, 0.2) is 0 Å². The van der Waals surface area contributed by atoms with Crippen LogP contribution in [0.5, 0.6) is 0 Å². The predicted octanol–water partition coefficient (Wildman–Crippen LogP) is 2.01. The van der Waals surface area contributed by atoms with Crippen LogP contribution in [0.15, 0.2) is 12.4 Å². The van der Waals surface area contributed by atoms with Crippen molar-refractivity contribution in [2.24, 2.45) is 0 Å². The summed E-state index contributed by atoms with van der Waals surface area (Å²) in [5.41, 5.74) is 0. The lowest BCUT2D eigenvalue weighted by atomic mass is 10.2. The van der Waals surface area contributed by atoms with E-state index in [2.05, 4.69) is 41.8 Å². The number of nitrogens with zero attached hydrogens (tertiary/aromatic N) is 2. The monoisotopic (exact) mass is 195 g/mol. The van der Waals surface area contributed by atoms with Crippen LogP contribution in [0.1, 0.15) is 39.1 Å². The zero-order valence-corrected chi connectivity index (χ0v) is 9.45. The Bertz CT molecular complexity index is 255. The second kappa shape index (κ2) is 5.81. The van der Waals surface area contributed by atoms with Crippen molar-refractivity contribution in [3.63, 3.8) is 0 Å². The van der Waals surface area contributed by atoms with E-state index in [0.29, 0.717) is 6.04 Å². The summed E-state index contributed by atoms with van der Waals surface area (Å²) in [5, 5.41) is 3.39. The fourth-order valence-electron chi connectivity index (χ4n) is 1.70. The largest absolute Gasteiger partial charge is 0.331 e. The Labute approximate surface area is 86.5 Å². The average molecular weight is 195 g/mol. The molecule has 1 rings (SSSR count). The fourth-order valence-corrected chi connectivity index (χ4v) is 1.70. The molecule has 0 aromatic carbocycles. The maximum atomic E-state index is 4.35. The van der Waals surface area contributed by atoms with Crippen LogP contribution < -0.4 is 5.32 Å². The van der Waals surface area contributed by atoms with E-state index in [-0.39, 0.29) is 0 Å². The molecule has 0 radical (unpaired) electrons. The van der Waals surface area contributed by atoms with Gasteiger partial charge in [-0.3, -0.25) is 0 Å². The number of aromatic nitrogens is 2. The maximum absolute atomic E-state index is 4.35. The Morgan fingerprint density at radius 2 is 2.21 bits per heavy atom. The third kappa shape index (κ3) is 2.58. The number of likely N-dealkylation sites (N-methyl/N-ethyl adjacent to an activating group) is 1. The molecule has 0 spiro atoms. The summed E-state index contributed by atoms with van der Waals surface area (Å²) in [5.74, 6) is 1.19. The van der Waals surface area contributed by atoms with Crippen LogP contribution in [0.25, 0.3) is 0 Å². The van der Waals surface area contributed by atoms with Gasteiger partial charge in [-0.2, -0.15) is 0 Å². The smallest absolute Gasteiger partial charge is 0.108 e. The molecule has 80 valence electrons. The van der Waals surface area contributed by atoms with Crippen LogP contribution in [-0.4, -0.2) is 22.6 Å². The minimum absolute atomic E-state index is 0.549. The molecule has 1 N–H and O–H groups in total. The summed E-state index contributed by atoms with van der Waals surface area (Å²) < 4.78 is 2.29. The molecule has 3 nitrogen and oxygen atoms in total. The van der Waals surface area contributed by atoms with Crippen molar-refractivity contribution in [2.75, 3.05) is 13.1 Å². The molecule has 0 amide bonds. The van der Waals surface area contributed by atoms with Crippen molar-refractivity contribution in [2.45, 2.75) is 39.7 Å². The molecule has 14 heavy (non-hydrogen) atoms. The molecule has 1 unspecified atom stereocenters. The molecule has 0 aliphatic rings. The number of nitrogens with one attached hydrogen (secondary N) is 1. The molecule has 3 heteroatoms. The van der Waals surface area contributed by atoms with Gasteiger partial charge in [-0.05, 0) is 13.0 Å². The number of aryl methyl sites for hydroxylation is 1. The van der Waals surface area contributed by atoms with E-state index < -0.39 is 0 Å². The molecular formula is C11H21N3. The molecule has 0 aliphatic heterocycles. The third-order valence-corrected chi connectivity index (χ3v) is 2.56. The van der Waals surface area contributed by atoms with Crippen molar-refractivity contribution in [3.8, 4) is 0 Å². The van der Waals surface area contributed by atoms with Gasteiger partial charge in [0.1, 0.15) is 5.82 Å². The molecule has 0 saturated carbocycles. The topological polar surface area (TPSA) is 29.9 Å². The molecule has 1 aromatic heterocycles. The molecule has 0 aliphatic carbocycles. The maximum Gasteiger partial charge on any atom is 0.108 e. The van der Waals surface area contributed by atoms with Gasteiger partial charge in [-0.25, -0.2) is 4.98 Å². The summed E-state index contributed by atoms with van der Waals surface area (Å²) >= 11 is 0. The molecule has 1 heterocycles. The molecular weight excluding hydrogens is 174 g/mol. The number of imidazole rings is 1. The highest BCUT2D eigenvalue weighted by molar-refractivity contribution is 4.95. The highest BCUT2D eigenvalue weighted by atomic mass is 15.1. The van der Waals surface area contributed by atoms with Crippen LogP contribution in [-0.2, 0) is 6.42 Å². The van der Waals surface area contributed by atoms with Crippen LogP contribution in [0.2, 0.25) is 0 Å². The van der Waals surface area contributed by atoms with E-state index in [9.17, 15) is 0 Å². The summed E-state index contributed by atoms with van der Waals surface area (Å²) in [7, 11) is 0. The van der Waals surface area contributed by atoms with E-state index in [4.69, 9.17) is 0 Å². The number of hydrogen-bond acceptors (Lipinski definition) is 2. The first-order valence-electron chi connectivity index (χ1n) is 5.55. The number of rotatable bonds is 6. The van der Waals surface area contributed by atoms with Crippen LogP contribution >= 0.6 is 0 Å². The minimum atomic E-state index is 0.549. The Hall–Kier alpha value is -0.830. The first-order chi connectivity index (χ1) is 6.83. The zero-order valence-electron chi connectivity index (χ0n) is 9.45. The molecule has 0 fully saturated rings.